The Morgan fingerprint density at radius 1 is 1.33 bits per heavy atom. The van der Waals surface area contributed by atoms with E-state index in [0.717, 1.165) is 36.5 Å². The van der Waals surface area contributed by atoms with Gasteiger partial charge in [0.2, 0.25) is 5.78 Å². The molecule has 0 radical (unpaired) electrons. The molecule has 0 unspecified atom stereocenters. The summed E-state index contributed by atoms with van der Waals surface area (Å²) in [4.78, 5) is 24.5. The summed E-state index contributed by atoms with van der Waals surface area (Å²) in [5.41, 5.74) is 4.39. The number of anilines is 1. The van der Waals surface area contributed by atoms with Gasteiger partial charge in [0, 0.05) is 11.8 Å². The Bertz CT molecular complexity index is 898. The highest BCUT2D eigenvalue weighted by Crippen LogP contribution is 2.27. The van der Waals surface area contributed by atoms with E-state index in [0.29, 0.717) is 0 Å². The van der Waals surface area contributed by atoms with Gasteiger partial charge in [-0.25, -0.2) is 9.37 Å². The van der Waals surface area contributed by atoms with Crippen LogP contribution >= 0.6 is 0 Å². The minimum absolute atomic E-state index is 0.00719. The number of carbonyl (C=O) groups excluding carboxylic acids is 1. The Morgan fingerprint density at radius 3 is 2.62 bits per heavy atom. The van der Waals surface area contributed by atoms with E-state index < -0.39 is 43.8 Å². The van der Waals surface area contributed by atoms with E-state index in [1.807, 2.05) is 0 Å². The van der Waals surface area contributed by atoms with Crippen LogP contribution in [-0.2, 0) is 14.3 Å². The number of pyridine rings is 1. The summed E-state index contributed by atoms with van der Waals surface area (Å²) in [5.74, 6) is -1.51. The maximum Gasteiger partial charge on any atom is 0.304 e. The van der Waals surface area contributed by atoms with Gasteiger partial charge in [-0.15, -0.1) is 0 Å². The number of nitro benzene ring substituents is 1. The lowest BCUT2D eigenvalue weighted by molar-refractivity contribution is -0.387. The molecule has 0 aliphatic heterocycles. The molecular formula is C13H10FN3O6S. The maximum absolute atomic E-state index is 12.7. The van der Waals surface area contributed by atoms with Gasteiger partial charge in [0.15, 0.2) is 4.90 Å². The van der Waals surface area contributed by atoms with E-state index in [4.69, 9.17) is 5.73 Å². The molecule has 0 aliphatic rings. The lowest BCUT2D eigenvalue weighted by Crippen LogP contribution is -2.16. The molecule has 0 saturated heterocycles. The van der Waals surface area contributed by atoms with Gasteiger partial charge in [0.25, 0.3) is 5.69 Å². The van der Waals surface area contributed by atoms with Crippen LogP contribution in [0, 0.1) is 15.9 Å². The van der Waals surface area contributed by atoms with Crippen LogP contribution in [0.2, 0.25) is 0 Å². The van der Waals surface area contributed by atoms with Crippen LogP contribution in [-0.4, -0.2) is 30.7 Å². The average Bonchev–Trinajstić information content (AvgIpc) is 2.53. The van der Waals surface area contributed by atoms with Crippen molar-refractivity contribution in [2.45, 2.75) is 4.90 Å². The molecule has 126 valence electrons. The smallest absolute Gasteiger partial charge is 0.304 e. The van der Waals surface area contributed by atoms with Gasteiger partial charge in [-0.05, 0) is 24.3 Å². The molecule has 9 nitrogen and oxygen atoms in total. The summed E-state index contributed by atoms with van der Waals surface area (Å²) in [5, 5.41) is 10.9. The van der Waals surface area contributed by atoms with E-state index in [1.165, 1.54) is 0 Å². The first-order valence-electron chi connectivity index (χ1n) is 6.29. The van der Waals surface area contributed by atoms with E-state index in [-0.39, 0.29) is 11.4 Å². The van der Waals surface area contributed by atoms with Gasteiger partial charge in [0.1, 0.15) is 18.1 Å². The second-order valence-electron chi connectivity index (χ2n) is 4.49. The number of nitro groups is 1. The standard InChI is InChI=1S/C13H10FN3O6S/c14-8-1-3-10(16-6-8)12(18)7-23-24(21,22)13-4-2-9(15)5-11(13)17(19)20/h1-6H,7,15H2. The van der Waals surface area contributed by atoms with Crippen LogP contribution in [0.5, 0.6) is 0 Å². The molecule has 2 rings (SSSR count). The molecule has 0 saturated carbocycles. The molecule has 0 fully saturated rings. The van der Waals surface area contributed by atoms with Crippen molar-refractivity contribution in [2.75, 3.05) is 12.3 Å². The van der Waals surface area contributed by atoms with E-state index >= 15 is 0 Å². The van der Waals surface area contributed by atoms with Crippen molar-refractivity contribution in [3.05, 3.63) is 58.2 Å². The monoisotopic (exact) mass is 355 g/mol. The Labute approximate surface area is 135 Å². The van der Waals surface area contributed by atoms with Crippen molar-refractivity contribution in [2.24, 2.45) is 0 Å². The van der Waals surface area contributed by atoms with Crippen molar-refractivity contribution in [1.82, 2.24) is 4.98 Å². The van der Waals surface area contributed by atoms with Gasteiger partial charge in [-0.2, -0.15) is 8.42 Å². The molecule has 2 N–H and O–H groups in total. The number of hydrogen-bond donors (Lipinski definition) is 1. The highest BCUT2D eigenvalue weighted by atomic mass is 32.2. The number of ketones is 1. The lowest BCUT2D eigenvalue weighted by Gasteiger charge is -2.06. The molecule has 1 heterocycles. The number of aromatic nitrogens is 1. The zero-order valence-electron chi connectivity index (χ0n) is 11.9. The minimum atomic E-state index is -4.58. The van der Waals surface area contributed by atoms with Crippen molar-refractivity contribution in [3.8, 4) is 0 Å². The average molecular weight is 355 g/mol. The Hall–Kier alpha value is -2.92. The van der Waals surface area contributed by atoms with Crippen LogP contribution in [0.25, 0.3) is 0 Å². The first-order chi connectivity index (χ1) is 11.2. The van der Waals surface area contributed by atoms with Crippen LogP contribution in [0.15, 0.2) is 41.4 Å². The topological polar surface area (TPSA) is 142 Å². The SMILES string of the molecule is Nc1ccc(S(=O)(=O)OCC(=O)c2ccc(F)cn2)c([N+](=O)[O-])c1. The molecule has 1 aromatic carbocycles. The van der Waals surface area contributed by atoms with Gasteiger partial charge in [-0.1, -0.05) is 0 Å². The number of nitrogen functional groups attached to an aromatic ring is 1. The number of nitrogens with zero attached hydrogens (tertiary/aromatic N) is 2. The van der Waals surface area contributed by atoms with E-state index in [2.05, 4.69) is 9.17 Å². The van der Waals surface area contributed by atoms with E-state index in [9.17, 15) is 27.7 Å². The quantitative estimate of drug-likeness (QED) is 0.268. The lowest BCUT2D eigenvalue weighted by atomic mass is 10.2. The Balaban J connectivity index is 2.22. The molecule has 0 spiro atoms. The summed E-state index contributed by atoms with van der Waals surface area (Å²) in [6.45, 7) is -0.942. The third kappa shape index (κ3) is 3.88. The third-order valence-electron chi connectivity index (χ3n) is 2.81. The maximum atomic E-state index is 12.7. The number of Topliss-reactive ketones (excluding diaryl/α,β-unsaturated/α-hetero) is 1. The number of benzene rings is 1. The Kier molecular flexibility index (Phi) is 4.85. The fraction of sp³-hybridized carbons (Fsp3) is 0.0769. The molecule has 24 heavy (non-hydrogen) atoms. The van der Waals surface area contributed by atoms with Gasteiger partial charge >= 0.3 is 10.1 Å². The van der Waals surface area contributed by atoms with Crippen molar-refractivity contribution < 1.29 is 26.7 Å². The molecule has 0 amide bonds. The fourth-order valence-corrected chi connectivity index (χ4v) is 2.71. The highest BCUT2D eigenvalue weighted by molar-refractivity contribution is 7.87. The molecule has 2 aromatic rings. The number of carbonyl (C=O) groups is 1. The summed E-state index contributed by atoms with van der Waals surface area (Å²) < 4.78 is 41.4. The molecular weight excluding hydrogens is 345 g/mol. The van der Waals surface area contributed by atoms with Crippen LogP contribution in [0.3, 0.4) is 0 Å². The predicted octanol–water partition coefficient (Wildman–Crippen LogP) is 1.30. The highest BCUT2D eigenvalue weighted by Gasteiger charge is 2.28. The number of hydrogen-bond acceptors (Lipinski definition) is 8. The van der Waals surface area contributed by atoms with Gasteiger partial charge in [0.05, 0.1) is 11.1 Å². The Morgan fingerprint density at radius 2 is 2.04 bits per heavy atom. The van der Waals surface area contributed by atoms with Crippen LogP contribution in [0.1, 0.15) is 10.5 Å². The summed E-state index contributed by atoms with van der Waals surface area (Å²) in [6, 6.07) is 4.94. The van der Waals surface area contributed by atoms with Gasteiger partial charge in [-0.3, -0.25) is 19.1 Å². The van der Waals surface area contributed by atoms with Crippen molar-refractivity contribution in [3.63, 3.8) is 0 Å². The largest absolute Gasteiger partial charge is 0.399 e. The molecule has 0 atom stereocenters. The first kappa shape index (κ1) is 17.4. The second kappa shape index (κ2) is 6.68. The van der Waals surface area contributed by atoms with E-state index in [1.54, 1.807) is 0 Å². The third-order valence-corrected chi connectivity index (χ3v) is 4.12. The normalized spacial score (nSPS) is 11.2. The zero-order valence-corrected chi connectivity index (χ0v) is 12.7. The number of nitrogens with two attached hydrogens (primary N) is 1. The fourth-order valence-electron chi connectivity index (χ4n) is 1.70. The van der Waals surface area contributed by atoms with Crippen molar-refractivity contribution in [1.29, 1.82) is 0 Å². The molecule has 0 bridgehead atoms. The zero-order chi connectivity index (χ0) is 17.9. The first-order valence-corrected chi connectivity index (χ1v) is 7.69. The molecule has 11 heteroatoms. The molecule has 0 aliphatic carbocycles. The number of halogens is 1. The van der Waals surface area contributed by atoms with Crippen molar-refractivity contribution >= 4 is 27.3 Å². The summed E-state index contributed by atoms with van der Waals surface area (Å²) >= 11 is 0. The summed E-state index contributed by atoms with van der Waals surface area (Å²) in [6.07, 6.45) is 0.784. The summed E-state index contributed by atoms with van der Waals surface area (Å²) in [7, 11) is -4.58. The number of rotatable bonds is 6. The van der Waals surface area contributed by atoms with Gasteiger partial charge < -0.3 is 5.73 Å². The second-order valence-corrected chi connectivity index (χ2v) is 6.07. The van der Waals surface area contributed by atoms with Crippen LogP contribution in [0.4, 0.5) is 15.8 Å². The minimum Gasteiger partial charge on any atom is -0.399 e. The van der Waals surface area contributed by atoms with Crippen LogP contribution < -0.4 is 5.73 Å². The predicted molar refractivity (Wildman–Crippen MR) is 79.2 cm³/mol. The molecule has 1 aromatic heterocycles.